The zero-order valence-electron chi connectivity index (χ0n) is 15.6. The molecule has 0 spiro atoms. The van der Waals surface area contributed by atoms with Crippen molar-refractivity contribution in [3.8, 4) is 0 Å². The van der Waals surface area contributed by atoms with Crippen molar-refractivity contribution in [1.29, 1.82) is 0 Å². The lowest BCUT2D eigenvalue weighted by atomic mass is 10.0. The van der Waals surface area contributed by atoms with E-state index in [1.54, 1.807) is 6.42 Å². The third kappa shape index (κ3) is 11.5. The number of unbranched alkanes of at least 4 members (excludes halogenated alkanes) is 9. The Kier molecular flexibility index (Phi) is 13.2. The lowest BCUT2D eigenvalue weighted by molar-refractivity contribution is 0.127. The van der Waals surface area contributed by atoms with Gasteiger partial charge < -0.3 is 4.74 Å². The molecule has 1 fully saturated rings. The lowest BCUT2D eigenvalue weighted by Gasteiger charge is -2.04. The molecule has 1 nitrogen and oxygen atoms in total. The highest BCUT2D eigenvalue weighted by molar-refractivity contribution is 4.85. The van der Waals surface area contributed by atoms with E-state index in [9.17, 15) is 0 Å². The minimum atomic E-state index is 0.971. The molecule has 132 valence electrons. The molecule has 1 rings (SSSR count). The summed E-state index contributed by atoms with van der Waals surface area (Å²) in [6.45, 7) is 6.48. The molecule has 0 aromatic rings. The zero-order valence-corrected chi connectivity index (χ0v) is 15.6. The van der Waals surface area contributed by atoms with E-state index in [1.165, 1.54) is 89.9 Å². The van der Waals surface area contributed by atoms with Crippen molar-refractivity contribution in [3.05, 3.63) is 0 Å². The molecule has 1 aliphatic rings. The normalized spacial score (nSPS) is 20.5. The molecule has 1 saturated carbocycles. The SMILES string of the molecule is CCCCCCCCC1CC1CCCCCCOCCCC. The van der Waals surface area contributed by atoms with Gasteiger partial charge in [0.25, 0.3) is 0 Å². The Morgan fingerprint density at radius 2 is 1.09 bits per heavy atom. The summed E-state index contributed by atoms with van der Waals surface area (Å²) in [5.74, 6) is 2.22. The highest BCUT2D eigenvalue weighted by Gasteiger charge is 2.34. The number of hydrogen-bond acceptors (Lipinski definition) is 1. The molecule has 0 amide bonds. The van der Waals surface area contributed by atoms with Crippen LogP contribution < -0.4 is 0 Å². The number of ether oxygens (including phenoxy) is 1. The Morgan fingerprint density at radius 3 is 1.73 bits per heavy atom. The number of rotatable bonds is 17. The Bertz CT molecular complexity index is 226. The van der Waals surface area contributed by atoms with Crippen molar-refractivity contribution in [2.45, 2.75) is 110 Å². The molecular formula is C21H42O. The molecule has 0 aliphatic heterocycles. The van der Waals surface area contributed by atoms with Gasteiger partial charge in [0.15, 0.2) is 0 Å². The second-order valence-corrected chi connectivity index (χ2v) is 7.48. The molecule has 0 N–H and O–H groups in total. The third-order valence-electron chi connectivity index (χ3n) is 5.25. The van der Waals surface area contributed by atoms with Gasteiger partial charge in [0.05, 0.1) is 0 Å². The predicted octanol–water partition coefficient (Wildman–Crippen LogP) is 7.14. The first-order chi connectivity index (χ1) is 10.9. The molecule has 0 aromatic heterocycles. The van der Waals surface area contributed by atoms with Crippen molar-refractivity contribution in [1.82, 2.24) is 0 Å². The molecule has 1 aliphatic carbocycles. The lowest BCUT2D eigenvalue weighted by Crippen LogP contribution is -1.96. The van der Waals surface area contributed by atoms with Crippen molar-refractivity contribution < 1.29 is 4.74 Å². The second kappa shape index (κ2) is 14.5. The Labute approximate surface area is 140 Å². The molecule has 0 heterocycles. The summed E-state index contributed by atoms with van der Waals surface area (Å²) in [4.78, 5) is 0. The first-order valence-electron chi connectivity index (χ1n) is 10.5. The molecule has 2 atom stereocenters. The van der Waals surface area contributed by atoms with Gasteiger partial charge in [-0.25, -0.2) is 0 Å². The van der Waals surface area contributed by atoms with Gasteiger partial charge in [0.1, 0.15) is 0 Å². The first kappa shape index (κ1) is 20.0. The average Bonchev–Trinajstić information content (AvgIpc) is 3.27. The molecular weight excluding hydrogens is 268 g/mol. The van der Waals surface area contributed by atoms with Gasteiger partial charge in [-0.3, -0.25) is 0 Å². The molecule has 0 aromatic carbocycles. The molecule has 1 heteroatoms. The quantitative estimate of drug-likeness (QED) is 0.259. The van der Waals surface area contributed by atoms with Crippen LogP contribution >= 0.6 is 0 Å². The van der Waals surface area contributed by atoms with Gasteiger partial charge in [-0.1, -0.05) is 90.9 Å². The van der Waals surface area contributed by atoms with E-state index < -0.39 is 0 Å². The summed E-state index contributed by atoms with van der Waals surface area (Å²) in [6.07, 6.45) is 21.3. The van der Waals surface area contributed by atoms with Gasteiger partial charge in [-0.15, -0.1) is 0 Å². The Balaban J connectivity index is 1.73. The minimum absolute atomic E-state index is 0.971. The third-order valence-corrected chi connectivity index (χ3v) is 5.25. The van der Waals surface area contributed by atoms with E-state index in [0.29, 0.717) is 0 Å². The van der Waals surface area contributed by atoms with Gasteiger partial charge in [0, 0.05) is 13.2 Å². The summed E-state index contributed by atoms with van der Waals surface area (Å²) in [5, 5.41) is 0. The first-order valence-corrected chi connectivity index (χ1v) is 10.5. The van der Waals surface area contributed by atoms with Crippen molar-refractivity contribution in [2.75, 3.05) is 13.2 Å². The van der Waals surface area contributed by atoms with Crippen molar-refractivity contribution in [2.24, 2.45) is 11.8 Å². The van der Waals surface area contributed by atoms with Gasteiger partial charge >= 0.3 is 0 Å². The van der Waals surface area contributed by atoms with E-state index in [4.69, 9.17) is 4.74 Å². The minimum Gasteiger partial charge on any atom is -0.381 e. The van der Waals surface area contributed by atoms with Crippen LogP contribution in [-0.4, -0.2) is 13.2 Å². The maximum atomic E-state index is 5.61. The van der Waals surface area contributed by atoms with Crippen LogP contribution in [0.4, 0.5) is 0 Å². The highest BCUT2D eigenvalue weighted by Crippen LogP contribution is 2.45. The fourth-order valence-electron chi connectivity index (χ4n) is 3.52. The largest absolute Gasteiger partial charge is 0.381 e. The topological polar surface area (TPSA) is 9.23 Å². The van der Waals surface area contributed by atoms with Crippen LogP contribution in [0, 0.1) is 11.8 Å². The van der Waals surface area contributed by atoms with Crippen LogP contribution in [0.25, 0.3) is 0 Å². The highest BCUT2D eigenvalue weighted by atomic mass is 16.5. The Morgan fingerprint density at radius 1 is 0.591 bits per heavy atom. The van der Waals surface area contributed by atoms with Crippen LogP contribution in [0.1, 0.15) is 110 Å². The summed E-state index contributed by atoms with van der Waals surface area (Å²) < 4.78 is 5.61. The molecule has 2 unspecified atom stereocenters. The summed E-state index contributed by atoms with van der Waals surface area (Å²) in [7, 11) is 0. The van der Waals surface area contributed by atoms with Gasteiger partial charge in [0.2, 0.25) is 0 Å². The fourth-order valence-corrected chi connectivity index (χ4v) is 3.52. The number of hydrogen-bond donors (Lipinski definition) is 0. The average molecular weight is 311 g/mol. The summed E-state index contributed by atoms with van der Waals surface area (Å²) >= 11 is 0. The second-order valence-electron chi connectivity index (χ2n) is 7.48. The van der Waals surface area contributed by atoms with Crippen molar-refractivity contribution >= 4 is 0 Å². The standard InChI is InChI=1S/C21H42O/c1-3-5-7-8-9-12-15-20-19-21(20)16-13-10-11-14-18-22-17-6-4-2/h20-21H,3-19H2,1-2H3. The van der Waals surface area contributed by atoms with E-state index in [0.717, 1.165) is 25.0 Å². The van der Waals surface area contributed by atoms with Gasteiger partial charge in [-0.2, -0.15) is 0 Å². The van der Waals surface area contributed by atoms with E-state index in [-0.39, 0.29) is 0 Å². The molecule has 0 bridgehead atoms. The van der Waals surface area contributed by atoms with E-state index >= 15 is 0 Å². The summed E-state index contributed by atoms with van der Waals surface area (Å²) in [6, 6.07) is 0. The van der Waals surface area contributed by atoms with Crippen molar-refractivity contribution in [3.63, 3.8) is 0 Å². The smallest absolute Gasteiger partial charge is 0.0466 e. The monoisotopic (exact) mass is 310 g/mol. The van der Waals surface area contributed by atoms with E-state index in [2.05, 4.69) is 13.8 Å². The fraction of sp³-hybridized carbons (Fsp3) is 1.00. The maximum Gasteiger partial charge on any atom is 0.0466 e. The van der Waals surface area contributed by atoms with Crippen LogP contribution in [-0.2, 0) is 4.74 Å². The van der Waals surface area contributed by atoms with Crippen LogP contribution in [0.5, 0.6) is 0 Å². The predicted molar refractivity (Wildman–Crippen MR) is 98.4 cm³/mol. The van der Waals surface area contributed by atoms with Gasteiger partial charge in [-0.05, 0) is 31.1 Å². The van der Waals surface area contributed by atoms with Crippen LogP contribution in [0.2, 0.25) is 0 Å². The summed E-state index contributed by atoms with van der Waals surface area (Å²) in [5.41, 5.74) is 0. The van der Waals surface area contributed by atoms with Crippen LogP contribution in [0.15, 0.2) is 0 Å². The van der Waals surface area contributed by atoms with E-state index in [1.807, 2.05) is 0 Å². The molecule has 0 saturated heterocycles. The molecule has 22 heavy (non-hydrogen) atoms. The Hall–Kier alpha value is -0.0400. The molecule has 0 radical (unpaired) electrons. The van der Waals surface area contributed by atoms with Crippen LogP contribution in [0.3, 0.4) is 0 Å². The maximum absolute atomic E-state index is 5.61. The zero-order chi connectivity index (χ0) is 15.9.